The fourth-order valence-corrected chi connectivity index (χ4v) is 4.52. The van der Waals surface area contributed by atoms with Gasteiger partial charge >= 0.3 is 0 Å². The van der Waals surface area contributed by atoms with Gasteiger partial charge in [-0.25, -0.2) is 13.1 Å². The van der Waals surface area contributed by atoms with E-state index in [1.165, 1.54) is 12.1 Å². The van der Waals surface area contributed by atoms with Crippen molar-refractivity contribution < 1.29 is 13.2 Å². The topological polar surface area (TPSA) is 92.1 Å². The first-order valence-corrected chi connectivity index (χ1v) is 9.59. The molecule has 25 heavy (non-hydrogen) atoms. The molecule has 0 amide bonds. The van der Waals surface area contributed by atoms with Crippen LogP contribution in [0.4, 0.5) is 0 Å². The molecule has 130 valence electrons. The van der Waals surface area contributed by atoms with Gasteiger partial charge in [-0.3, -0.25) is 4.98 Å². The highest BCUT2D eigenvalue weighted by molar-refractivity contribution is 7.89. The number of pyridine rings is 1. The molecule has 1 N–H and O–H groups in total. The molecule has 0 unspecified atom stereocenters. The number of hydrogen-bond donors (Lipinski definition) is 1. The van der Waals surface area contributed by atoms with Crippen LogP contribution >= 0.6 is 0 Å². The molecule has 3 rings (SSSR count). The van der Waals surface area contributed by atoms with Crippen LogP contribution in [0.3, 0.4) is 0 Å². The third-order valence-electron chi connectivity index (χ3n) is 4.36. The summed E-state index contributed by atoms with van der Waals surface area (Å²) in [5.41, 5.74) is 0.944. The molecule has 1 saturated heterocycles. The number of rotatable bonds is 5. The Balaban J connectivity index is 1.95. The Morgan fingerprint density at radius 3 is 2.64 bits per heavy atom. The number of nitrogens with one attached hydrogen (secondary N) is 1. The van der Waals surface area contributed by atoms with Crippen molar-refractivity contribution in [1.82, 2.24) is 9.71 Å². The predicted molar refractivity (Wildman–Crippen MR) is 92.0 cm³/mol. The van der Waals surface area contributed by atoms with Crippen molar-refractivity contribution in [3.8, 4) is 6.07 Å². The molecule has 2 heterocycles. The SMILES string of the molecule is N#Cc1ccccc1S(=O)(=O)N[C@@H](c1cccnc1)C1CCOCC1. The second-order valence-corrected chi connectivity index (χ2v) is 7.63. The summed E-state index contributed by atoms with van der Waals surface area (Å²) in [7, 11) is -3.84. The molecular formula is C18H19N3O3S. The Hall–Kier alpha value is -2.27. The Labute approximate surface area is 147 Å². The summed E-state index contributed by atoms with van der Waals surface area (Å²) in [4.78, 5) is 4.12. The molecule has 6 nitrogen and oxygen atoms in total. The van der Waals surface area contributed by atoms with Crippen molar-refractivity contribution in [2.24, 2.45) is 5.92 Å². The van der Waals surface area contributed by atoms with E-state index in [2.05, 4.69) is 9.71 Å². The Bertz CT molecular complexity index is 857. The van der Waals surface area contributed by atoms with Crippen LogP contribution in [0.5, 0.6) is 0 Å². The minimum atomic E-state index is -3.84. The summed E-state index contributed by atoms with van der Waals surface area (Å²) >= 11 is 0. The minimum absolute atomic E-state index is 0.00144. The highest BCUT2D eigenvalue weighted by Gasteiger charge is 2.31. The highest BCUT2D eigenvalue weighted by atomic mass is 32.2. The van der Waals surface area contributed by atoms with Crippen LogP contribution in [0.2, 0.25) is 0 Å². The Kier molecular flexibility index (Phi) is 5.43. The molecule has 1 fully saturated rings. The van der Waals surface area contributed by atoms with Crippen molar-refractivity contribution in [1.29, 1.82) is 5.26 Å². The number of aromatic nitrogens is 1. The molecule has 1 aromatic heterocycles. The maximum Gasteiger partial charge on any atom is 0.242 e. The third kappa shape index (κ3) is 4.04. The van der Waals surface area contributed by atoms with Crippen LogP contribution < -0.4 is 4.72 Å². The summed E-state index contributed by atoms with van der Waals surface area (Å²) in [6.07, 6.45) is 4.87. The molecular weight excluding hydrogens is 338 g/mol. The van der Waals surface area contributed by atoms with E-state index in [-0.39, 0.29) is 16.4 Å². The fourth-order valence-electron chi connectivity index (χ4n) is 3.07. The van der Waals surface area contributed by atoms with Crippen LogP contribution in [0.1, 0.15) is 30.0 Å². The third-order valence-corrected chi connectivity index (χ3v) is 5.86. The molecule has 7 heteroatoms. The first kappa shape index (κ1) is 17.5. The van der Waals surface area contributed by atoms with Gasteiger partial charge < -0.3 is 4.74 Å². The van der Waals surface area contributed by atoms with Crippen LogP contribution in [-0.2, 0) is 14.8 Å². The van der Waals surface area contributed by atoms with Gasteiger partial charge in [0.15, 0.2) is 0 Å². The first-order chi connectivity index (χ1) is 12.1. The second kappa shape index (κ2) is 7.74. The predicted octanol–water partition coefficient (Wildman–Crippen LogP) is 2.40. The van der Waals surface area contributed by atoms with Gasteiger partial charge in [-0.05, 0) is 42.5 Å². The lowest BCUT2D eigenvalue weighted by Gasteiger charge is -2.31. The van der Waals surface area contributed by atoms with Gasteiger partial charge in [-0.2, -0.15) is 5.26 Å². The normalized spacial score (nSPS) is 16.9. The lowest BCUT2D eigenvalue weighted by molar-refractivity contribution is 0.0564. The van der Waals surface area contributed by atoms with Gasteiger partial charge in [0.25, 0.3) is 0 Å². The number of nitriles is 1. The zero-order valence-electron chi connectivity index (χ0n) is 13.6. The quantitative estimate of drug-likeness (QED) is 0.887. The van der Waals surface area contributed by atoms with Gasteiger partial charge in [0.2, 0.25) is 10.0 Å². The Morgan fingerprint density at radius 2 is 1.96 bits per heavy atom. The lowest BCUT2D eigenvalue weighted by Crippen LogP contribution is -2.36. The molecule has 0 radical (unpaired) electrons. The van der Waals surface area contributed by atoms with Gasteiger partial charge in [0, 0.05) is 25.6 Å². The summed E-state index contributed by atoms with van der Waals surface area (Å²) in [6, 6.07) is 11.4. The van der Waals surface area contributed by atoms with Crippen LogP contribution in [0.15, 0.2) is 53.7 Å². The maximum atomic E-state index is 12.9. The van der Waals surface area contributed by atoms with E-state index in [9.17, 15) is 13.7 Å². The van der Waals surface area contributed by atoms with E-state index in [1.807, 2.05) is 12.1 Å². The van der Waals surface area contributed by atoms with E-state index in [4.69, 9.17) is 4.74 Å². The number of nitrogens with zero attached hydrogens (tertiary/aromatic N) is 2. The smallest absolute Gasteiger partial charge is 0.242 e. The molecule has 1 aliphatic heterocycles. The molecule has 1 atom stereocenters. The monoisotopic (exact) mass is 357 g/mol. The second-order valence-electron chi connectivity index (χ2n) is 5.94. The van der Waals surface area contributed by atoms with Gasteiger partial charge in [0.05, 0.1) is 16.5 Å². The first-order valence-electron chi connectivity index (χ1n) is 8.11. The summed E-state index contributed by atoms with van der Waals surface area (Å²) in [5, 5.41) is 9.21. The average molecular weight is 357 g/mol. The Morgan fingerprint density at radius 1 is 1.20 bits per heavy atom. The largest absolute Gasteiger partial charge is 0.381 e. The van der Waals surface area contributed by atoms with Crippen molar-refractivity contribution in [3.05, 3.63) is 59.9 Å². The van der Waals surface area contributed by atoms with Crippen LogP contribution in [0.25, 0.3) is 0 Å². The molecule has 0 spiro atoms. The zero-order valence-corrected chi connectivity index (χ0v) is 14.4. The molecule has 2 aromatic rings. The number of ether oxygens (including phenoxy) is 1. The van der Waals surface area contributed by atoms with E-state index in [1.54, 1.807) is 30.6 Å². The number of sulfonamides is 1. The van der Waals surface area contributed by atoms with E-state index in [0.29, 0.717) is 13.2 Å². The van der Waals surface area contributed by atoms with Crippen molar-refractivity contribution in [2.45, 2.75) is 23.8 Å². The van der Waals surface area contributed by atoms with Crippen LogP contribution in [0, 0.1) is 17.2 Å². The number of hydrogen-bond acceptors (Lipinski definition) is 5. The standard InChI is InChI=1S/C18H19N3O3S/c19-12-15-4-1-2-6-17(15)25(22,23)21-18(14-7-10-24-11-8-14)16-5-3-9-20-13-16/h1-6,9,13-14,18,21H,7-8,10-11H2/t18-/m1/s1. The summed E-state index contributed by atoms with van der Waals surface area (Å²) < 4.78 is 34.0. The van der Waals surface area contributed by atoms with Gasteiger partial charge in [-0.15, -0.1) is 0 Å². The molecule has 0 aliphatic carbocycles. The van der Waals surface area contributed by atoms with Gasteiger partial charge in [-0.1, -0.05) is 18.2 Å². The van der Waals surface area contributed by atoms with E-state index < -0.39 is 16.1 Å². The molecule has 0 saturated carbocycles. The summed E-state index contributed by atoms with van der Waals surface area (Å²) in [5.74, 6) is 0.113. The summed E-state index contributed by atoms with van der Waals surface area (Å²) in [6.45, 7) is 1.22. The minimum Gasteiger partial charge on any atom is -0.381 e. The molecule has 1 aliphatic rings. The molecule has 1 aromatic carbocycles. The zero-order chi connectivity index (χ0) is 17.7. The average Bonchev–Trinajstić information content (AvgIpc) is 2.67. The number of benzene rings is 1. The fraction of sp³-hybridized carbons (Fsp3) is 0.333. The molecule has 0 bridgehead atoms. The van der Waals surface area contributed by atoms with Crippen molar-refractivity contribution in [3.63, 3.8) is 0 Å². The van der Waals surface area contributed by atoms with Gasteiger partial charge in [0.1, 0.15) is 6.07 Å². The lowest BCUT2D eigenvalue weighted by atomic mass is 9.88. The van der Waals surface area contributed by atoms with Crippen LogP contribution in [-0.4, -0.2) is 26.6 Å². The maximum absolute atomic E-state index is 12.9. The van der Waals surface area contributed by atoms with Crippen molar-refractivity contribution >= 4 is 10.0 Å². The highest BCUT2D eigenvalue weighted by Crippen LogP contribution is 2.31. The van der Waals surface area contributed by atoms with E-state index in [0.717, 1.165) is 18.4 Å². The van der Waals surface area contributed by atoms with E-state index >= 15 is 0 Å². The van der Waals surface area contributed by atoms with Crippen molar-refractivity contribution in [2.75, 3.05) is 13.2 Å².